The molecule has 1 atom stereocenters. The second kappa shape index (κ2) is 7.55. The normalized spacial score (nSPS) is 23.0. The maximum Gasteiger partial charge on any atom is 0.0733 e. The molecular formula is C20H26N2. The lowest BCUT2D eigenvalue weighted by atomic mass is 9.82. The van der Waals surface area contributed by atoms with Crippen LogP contribution in [0.4, 0.5) is 0 Å². The lowest BCUT2D eigenvalue weighted by Crippen LogP contribution is -2.18. The summed E-state index contributed by atoms with van der Waals surface area (Å²) < 4.78 is 0. The molecule has 0 aromatic heterocycles. The molecule has 1 aliphatic carbocycles. The predicted octanol–water partition coefficient (Wildman–Crippen LogP) is 4.62. The first-order chi connectivity index (χ1) is 10.9. The summed E-state index contributed by atoms with van der Waals surface area (Å²) in [5.74, 6) is 0.701. The van der Waals surface area contributed by atoms with E-state index in [-0.39, 0.29) is 0 Å². The largest absolute Gasteiger partial charge is 0.330 e. The third-order valence-electron chi connectivity index (χ3n) is 4.91. The monoisotopic (exact) mass is 294 g/mol. The van der Waals surface area contributed by atoms with E-state index in [1.54, 1.807) is 5.57 Å². The van der Waals surface area contributed by atoms with Crippen molar-refractivity contribution in [2.45, 2.75) is 44.9 Å². The average molecular weight is 294 g/mol. The Morgan fingerprint density at radius 1 is 1.05 bits per heavy atom. The number of nitrogens with two attached hydrogens (primary N) is 1. The van der Waals surface area contributed by atoms with Gasteiger partial charge < -0.3 is 5.73 Å². The van der Waals surface area contributed by atoms with Crippen LogP contribution in [-0.4, -0.2) is 12.3 Å². The quantitative estimate of drug-likeness (QED) is 0.849. The number of rotatable bonds is 2. The Labute approximate surface area is 133 Å². The highest BCUT2D eigenvalue weighted by Gasteiger charge is 2.20. The van der Waals surface area contributed by atoms with Gasteiger partial charge in [0.1, 0.15) is 0 Å². The van der Waals surface area contributed by atoms with Gasteiger partial charge in [-0.3, -0.25) is 4.99 Å². The number of allylic oxidation sites excluding steroid dienone is 3. The van der Waals surface area contributed by atoms with Gasteiger partial charge in [-0.2, -0.15) is 0 Å². The smallest absolute Gasteiger partial charge is 0.0733 e. The molecule has 2 heteroatoms. The number of hydrogen-bond donors (Lipinski definition) is 1. The van der Waals surface area contributed by atoms with E-state index in [1.165, 1.54) is 49.0 Å². The van der Waals surface area contributed by atoms with E-state index in [2.05, 4.69) is 36.4 Å². The van der Waals surface area contributed by atoms with Crippen LogP contribution >= 0.6 is 0 Å². The van der Waals surface area contributed by atoms with Crippen molar-refractivity contribution in [1.29, 1.82) is 0 Å². The van der Waals surface area contributed by atoms with Gasteiger partial charge in [-0.25, -0.2) is 0 Å². The zero-order valence-electron chi connectivity index (χ0n) is 13.3. The minimum absolute atomic E-state index is 0.701. The van der Waals surface area contributed by atoms with Crippen LogP contribution in [0, 0.1) is 5.92 Å². The average Bonchev–Trinajstić information content (AvgIpc) is 2.53. The van der Waals surface area contributed by atoms with Crippen LogP contribution in [0.5, 0.6) is 0 Å². The minimum Gasteiger partial charge on any atom is -0.330 e. The van der Waals surface area contributed by atoms with Crippen molar-refractivity contribution in [3.8, 4) is 0 Å². The highest BCUT2D eigenvalue weighted by atomic mass is 14.7. The number of nitrogens with zero attached hydrogens (tertiary/aromatic N) is 1. The Bertz CT molecular complexity index is 581. The lowest BCUT2D eigenvalue weighted by molar-refractivity contribution is 0.434. The van der Waals surface area contributed by atoms with E-state index in [0.29, 0.717) is 5.92 Å². The summed E-state index contributed by atoms with van der Waals surface area (Å²) >= 11 is 0. The summed E-state index contributed by atoms with van der Waals surface area (Å²) in [5.41, 5.74) is 11.5. The Kier molecular flexibility index (Phi) is 5.23. The van der Waals surface area contributed by atoms with Gasteiger partial charge in [0, 0.05) is 11.8 Å². The topological polar surface area (TPSA) is 38.4 Å². The van der Waals surface area contributed by atoms with Crippen LogP contribution in [0.15, 0.2) is 58.7 Å². The fourth-order valence-electron chi connectivity index (χ4n) is 3.60. The van der Waals surface area contributed by atoms with Crippen molar-refractivity contribution in [2.24, 2.45) is 16.6 Å². The maximum atomic E-state index is 5.92. The Balaban J connectivity index is 1.97. The van der Waals surface area contributed by atoms with Crippen LogP contribution in [0.1, 0.15) is 50.5 Å². The summed E-state index contributed by atoms with van der Waals surface area (Å²) in [6, 6.07) is 10.6. The molecule has 0 bridgehead atoms. The van der Waals surface area contributed by atoms with Gasteiger partial charge >= 0.3 is 0 Å². The van der Waals surface area contributed by atoms with Crippen molar-refractivity contribution in [3.63, 3.8) is 0 Å². The molecule has 2 N–H and O–H groups in total. The van der Waals surface area contributed by atoms with Crippen LogP contribution in [0.3, 0.4) is 0 Å². The summed E-state index contributed by atoms with van der Waals surface area (Å²) in [6.07, 6.45) is 12.5. The van der Waals surface area contributed by atoms with Crippen molar-refractivity contribution in [1.82, 2.24) is 0 Å². The van der Waals surface area contributed by atoms with Crippen molar-refractivity contribution in [3.05, 3.63) is 59.3 Å². The van der Waals surface area contributed by atoms with Crippen LogP contribution in [0.2, 0.25) is 0 Å². The molecule has 0 saturated heterocycles. The van der Waals surface area contributed by atoms with E-state index >= 15 is 0 Å². The van der Waals surface area contributed by atoms with E-state index in [4.69, 9.17) is 10.7 Å². The molecule has 0 spiro atoms. The highest BCUT2D eigenvalue weighted by Crippen LogP contribution is 2.32. The van der Waals surface area contributed by atoms with E-state index in [1.807, 2.05) is 6.20 Å². The summed E-state index contributed by atoms with van der Waals surface area (Å²) in [5, 5.41) is 0. The van der Waals surface area contributed by atoms with Crippen molar-refractivity contribution >= 4 is 5.71 Å². The second-order valence-electron chi connectivity index (χ2n) is 6.38. The molecule has 1 heterocycles. The SMILES string of the molecule is NCC1CCCC2=C(CCC=CN=C2c2ccccc2)CC1. The Hall–Kier alpha value is -1.67. The minimum atomic E-state index is 0.701. The summed E-state index contributed by atoms with van der Waals surface area (Å²) in [7, 11) is 0. The number of benzene rings is 1. The highest BCUT2D eigenvalue weighted by molar-refractivity contribution is 6.13. The number of hydrogen-bond acceptors (Lipinski definition) is 2. The molecule has 22 heavy (non-hydrogen) atoms. The Morgan fingerprint density at radius 2 is 1.91 bits per heavy atom. The van der Waals surface area contributed by atoms with Crippen molar-refractivity contribution in [2.75, 3.05) is 6.54 Å². The van der Waals surface area contributed by atoms with Gasteiger partial charge in [0.05, 0.1) is 5.71 Å². The van der Waals surface area contributed by atoms with Gasteiger partial charge in [0.25, 0.3) is 0 Å². The molecule has 1 aromatic rings. The predicted molar refractivity (Wildman–Crippen MR) is 94.0 cm³/mol. The molecule has 0 fully saturated rings. The van der Waals surface area contributed by atoms with Gasteiger partial charge in [-0.05, 0) is 63.0 Å². The van der Waals surface area contributed by atoms with E-state index in [0.717, 1.165) is 19.4 Å². The summed E-state index contributed by atoms with van der Waals surface area (Å²) in [6.45, 7) is 0.835. The second-order valence-corrected chi connectivity index (χ2v) is 6.38. The molecule has 116 valence electrons. The van der Waals surface area contributed by atoms with E-state index < -0.39 is 0 Å². The van der Waals surface area contributed by atoms with Crippen LogP contribution in [0.25, 0.3) is 0 Å². The first-order valence-corrected chi connectivity index (χ1v) is 8.58. The number of aliphatic imine (C=N–C) groups is 1. The first-order valence-electron chi connectivity index (χ1n) is 8.58. The fraction of sp³-hybridized carbons (Fsp3) is 0.450. The van der Waals surface area contributed by atoms with Gasteiger partial charge in [0.15, 0.2) is 0 Å². The van der Waals surface area contributed by atoms with Gasteiger partial charge in [-0.1, -0.05) is 42.0 Å². The molecule has 3 rings (SSSR count). The molecule has 2 nitrogen and oxygen atoms in total. The van der Waals surface area contributed by atoms with Crippen molar-refractivity contribution < 1.29 is 0 Å². The van der Waals surface area contributed by atoms with Crippen LogP contribution in [-0.2, 0) is 0 Å². The van der Waals surface area contributed by atoms with Gasteiger partial charge in [0.2, 0.25) is 0 Å². The third-order valence-corrected chi connectivity index (χ3v) is 4.91. The molecule has 2 aliphatic rings. The molecule has 1 aliphatic heterocycles. The first kappa shape index (κ1) is 15.2. The third kappa shape index (κ3) is 3.56. The molecular weight excluding hydrogens is 268 g/mol. The standard InChI is InChI=1S/C20H26N2/c21-15-16-7-6-11-19-17(13-12-16)8-4-5-14-22-20(19)18-9-2-1-3-10-18/h1-3,5,9-10,14,16H,4,6-8,11-13,15,21H2. The van der Waals surface area contributed by atoms with Gasteiger partial charge in [-0.15, -0.1) is 0 Å². The summed E-state index contributed by atoms with van der Waals surface area (Å²) in [4.78, 5) is 4.80. The van der Waals surface area contributed by atoms with E-state index in [9.17, 15) is 0 Å². The Morgan fingerprint density at radius 3 is 2.73 bits per heavy atom. The molecule has 0 radical (unpaired) electrons. The van der Waals surface area contributed by atoms with Crippen LogP contribution < -0.4 is 5.73 Å². The molecule has 0 amide bonds. The lowest BCUT2D eigenvalue weighted by Gasteiger charge is -2.24. The maximum absolute atomic E-state index is 5.92. The zero-order chi connectivity index (χ0) is 15.2. The molecule has 1 unspecified atom stereocenters. The molecule has 0 saturated carbocycles. The fourth-order valence-corrected chi connectivity index (χ4v) is 3.60. The molecule has 1 aromatic carbocycles. The zero-order valence-corrected chi connectivity index (χ0v) is 13.3.